The van der Waals surface area contributed by atoms with Gasteiger partial charge in [-0.3, -0.25) is 0 Å². The largest absolute Gasteiger partial charge is 0.478 e. The van der Waals surface area contributed by atoms with Crippen LogP contribution in [0.1, 0.15) is 24.2 Å². The van der Waals surface area contributed by atoms with E-state index in [1.807, 2.05) is 26.0 Å². The molecule has 0 aliphatic rings. The average molecular weight is 178 g/mol. The van der Waals surface area contributed by atoms with Gasteiger partial charge in [0.25, 0.3) is 0 Å². The van der Waals surface area contributed by atoms with Crippen molar-refractivity contribution in [2.75, 3.05) is 0 Å². The van der Waals surface area contributed by atoms with E-state index in [9.17, 15) is 4.79 Å². The maximum atomic E-state index is 10.2. The minimum absolute atomic E-state index is 0.331. The maximum Gasteiger partial charge on any atom is 0.335 e. The first-order valence-corrected chi connectivity index (χ1v) is 4.08. The summed E-state index contributed by atoms with van der Waals surface area (Å²) in [6.07, 6.45) is 4.00. The van der Waals surface area contributed by atoms with Crippen LogP contribution in [-0.2, 0) is 0 Å². The molecular weight excluding hydrogens is 164 g/mol. The molecule has 70 valence electrons. The number of carbonyl (C=O) groups is 1. The third-order valence-corrected chi connectivity index (χ3v) is 1.35. The Morgan fingerprint density at radius 3 is 1.85 bits per heavy atom. The highest BCUT2D eigenvalue weighted by Gasteiger charge is 1.96. The van der Waals surface area contributed by atoms with E-state index in [2.05, 4.69) is 0 Å². The molecule has 0 heterocycles. The molecule has 1 aromatic rings. The van der Waals surface area contributed by atoms with Crippen LogP contribution >= 0.6 is 0 Å². The van der Waals surface area contributed by atoms with Gasteiger partial charge in [-0.05, 0) is 26.0 Å². The van der Waals surface area contributed by atoms with E-state index in [0.717, 1.165) is 0 Å². The van der Waals surface area contributed by atoms with Crippen LogP contribution in [0.5, 0.6) is 0 Å². The van der Waals surface area contributed by atoms with Gasteiger partial charge in [-0.15, -0.1) is 0 Å². The minimum Gasteiger partial charge on any atom is -0.478 e. The molecule has 0 aromatic heterocycles. The smallest absolute Gasteiger partial charge is 0.335 e. The Hall–Kier alpha value is -1.57. The standard InChI is InChI=1S/C7H6O2.C4H8/c8-7(9)6-4-2-1-3-5-6;1-3-4-2/h1-5H,(H,8,9);3-4H,1-2H3. The summed E-state index contributed by atoms with van der Waals surface area (Å²) in [5.74, 6) is -0.879. The number of allylic oxidation sites excluding steroid dienone is 2. The lowest BCUT2D eigenvalue weighted by atomic mass is 10.2. The second-order valence-corrected chi connectivity index (χ2v) is 2.34. The average Bonchev–Trinajstić information content (AvgIpc) is 2.19. The van der Waals surface area contributed by atoms with Crippen LogP contribution in [0, 0.1) is 0 Å². The fraction of sp³-hybridized carbons (Fsp3) is 0.182. The van der Waals surface area contributed by atoms with Gasteiger partial charge < -0.3 is 5.11 Å². The van der Waals surface area contributed by atoms with E-state index in [1.54, 1.807) is 30.3 Å². The third-order valence-electron chi connectivity index (χ3n) is 1.35. The zero-order valence-corrected chi connectivity index (χ0v) is 7.90. The van der Waals surface area contributed by atoms with Crippen molar-refractivity contribution in [3.8, 4) is 0 Å². The first kappa shape index (κ1) is 11.4. The predicted octanol–water partition coefficient (Wildman–Crippen LogP) is 2.97. The molecule has 0 saturated heterocycles. The fourth-order valence-electron chi connectivity index (χ4n) is 0.581. The summed E-state index contributed by atoms with van der Waals surface area (Å²) in [7, 11) is 0. The van der Waals surface area contributed by atoms with Crippen molar-refractivity contribution in [1.29, 1.82) is 0 Å². The Morgan fingerprint density at radius 2 is 1.62 bits per heavy atom. The summed E-state index contributed by atoms with van der Waals surface area (Å²) in [4.78, 5) is 10.2. The summed E-state index contributed by atoms with van der Waals surface area (Å²) in [5, 5.41) is 8.38. The van der Waals surface area contributed by atoms with Gasteiger partial charge in [0.15, 0.2) is 0 Å². The molecule has 1 rings (SSSR count). The van der Waals surface area contributed by atoms with Crippen molar-refractivity contribution in [2.24, 2.45) is 0 Å². The van der Waals surface area contributed by atoms with Crippen molar-refractivity contribution < 1.29 is 9.90 Å². The lowest BCUT2D eigenvalue weighted by Crippen LogP contribution is -1.93. The van der Waals surface area contributed by atoms with Crippen LogP contribution in [-0.4, -0.2) is 11.1 Å². The molecule has 1 N–H and O–H groups in total. The Labute approximate surface area is 78.5 Å². The van der Waals surface area contributed by atoms with Gasteiger partial charge in [0, 0.05) is 0 Å². The molecule has 0 radical (unpaired) electrons. The highest BCUT2D eigenvalue weighted by molar-refractivity contribution is 5.87. The highest BCUT2D eigenvalue weighted by Crippen LogP contribution is 1.96. The SMILES string of the molecule is CC=CC.O=C(O)c1ccccc1. The Bertz CT molecular complexity index is 259. The molecule has 2 heteroatoms. The normalized spacial score (nSPS) is 9.08. The summed E-state index contributed by atoms with van der Waals surface area (Å²) in [5.41, 5.74) is 0.331. The molecule has 0 bridgehead atoms. The van der Waals surface area contributed by atoms with E-state index in [1.165, 1.54) is 0 Å². The number of hydrogen-bond donors (Lipinski definition) is 1. The van der Waals surface area contributed by atoms with Gasteiger partial charge in [-0.25, -0.2) is 4.79 Å². The predicted molar refractivity (Wildman–Crippen MR) is 53.9 cm³/mol. The minimum atomic E-state index is -0.879. The molecular formula is C11H14O2. The molecule has 1 aromatic carbocycles. The summed E-state index contributed by atoms with van der Waals surface area (Å²) in [6, 6.07) is 8.30. The topological polar surface area (TPSA) is 37.3 Å². The molecule has 0 unspecified atom stereocenters. The molecule has 2 nitrogen and oxygen atoms in total. The quantitative estimate of drug-likeness (QED) is 0.671. The zero-order valence-electron chi connectivity index (χ0n) is 7.90. The molecule has 0 amide bonds. The van der Waals surface area contributed by atoms with Gasteiger partial charge in [-0.2, -0.15) is 0 Å². The molecule has 0 atom stereocenters. The Balaban J connectivity index is 0.000000310. The van der Waals surface area contributed by atoms with E-state index < -0.39 is 5.97 Å². The molecule has 0 spiro atoms. The van der Waals surface area contributed by atoms with E-state index in [0.29, 0.717) is 5.56 Å². The van der Waals surface area contributed by atoms with Crippen molar-refractivity contribution in [3.63, 3.8) is 0 Å². The summed E-state index contributed by atoms with van der Waals surface area (Å²) < 4.78 is 0. The van der Waals surface area contributed by atoms with E-state index in [4.69, 9.17) is 5.11 Å². The lowest BCUT2D eigenvalue weighted by molar-refractivity contribution is 0.0697. The van der Waals surface area contributed by atoms with Crippen LogP contribution in [0.15, 0.2) is 42.5 Å². The molecule has 13 heavy (non-hydrogen) atoms. The van der Waals surface area contributed by atoms with Gasteiger partial charge in [-0.1, -0.05) is 30.4 Å². The van der Waals surface area contributed by atoms with Crippen LogP contribution in [0.4, 0.5) is 0 Å². The number of hydrogen-bond acceptors (Lipinski definition) is 1. The van der Waals surface area contributed by atoms with Crippen LogP contribution < -0.4 is 0 Å². The van der Waals surface area contributed by atoms with Crippen molar-refractivity contribution in [3.05, 3.63) is 48.0 Å². The van der Waals surface area contributed by atoms with Crippen LogP contribution in [0.3, 0.4) is 0 Å². The van der Waals surface area contributed by atoms with E-state index in [-0.39, 0.29) is 0 Å². The zero-order chi connectivity index (χ0) is 10.1. The highest BCUT2D eigenvalue weighted by atomic mass is 16.4. The first-order valence-electron chi connectivity index (χ1n) is 4.08. The second kappa shape index (κ2) is 7.10. The first-order chi connectivity index (χ1) is 6.22. The molecule has 0 aliphatic heterocycles. The van der Waals surface area contributed by atoms with Gasteiger partial charge in [0.05, 0.1) is 5.56 Å². The van der Waals surface area contributed by atoms with Gasteiger partial charge in [0.2, 0.25) is 0 Å². The number of rotatable bonds is 1. The van der Waals surface area contributed by atoms with E-state index >= 15 is 0 Å². The van der Waals surface area contributed by atoms with Crippen molar-refractivity contribution in [2.45, 2.75) is 13.8 Å². The van der Waals surface area contributed by atoms with Crippen molar-refractivity contribution in [1.82, 2.24) is 0 Å². The molecule has 0 saturated carbocycles. The molecule has 0 aliphatic carbocycles. The Morgan fingerprint density at radius 1 is 1.15 bits per heavy atom. The molecule has 0 fully saturated rings. The fourth-order valence-corrected chi connectivity index (χ4v) is 0.581. The number of benzene rings is 1. The summed E-state index contributed by atoms with van der Waals surface area (Å²) >= 11 is 0. The third kappa shape index (κ3) is 5.67. The number of aromatic carboxylic acids is 1. The summed E-state index contributed by atoms with van der Waals surface area (Å²) in [6.45, 7) is 4.00. The maximum absolute atomic E-state index is 10.2. The van der Waals surface area contributed by atoms with Crippen LogP contribution in [0.25, 0.3) is 0 Å². The number of carboxylic acid groups (broad SMARTS) is 1. The van der Waals surface area contributed by atoms with Gasteiger partial charge in [0.1, 0.15) is 0 Å². The second-order valence-electron chi connectivity index (χ2n) is 2.34. The number of carboxylic acids is 1. The monoisotopic (exact) mass is 178 g/mol. The van der Waals surface area contributed by atoms with Crippen LogP contribution in [0.2, 0.25) is 0 Å². The lowest BCUT2D eigenvalue weighted by Gasteiger charge is -1.88. The van der Waals surface area contributed by atoms with Crippen molar-refractivity contribution >= 4 is 5.97 Å². The van der Waals surface area contributed by atoms with Gasteiger partial charge >= 0.3 is 5.97 Å². The Kier molecular flexibility index (Phi) is 6.24.